The van der Waals surface area contributed by atoms with Crippen molar-refractivity contribution in [2.75, 3.05) is 46.6 Å². The summed E-state index contributed by atoms with van der Waals surface area (Å²) in [6.45, 7) is 3.28. The quantitative estimate of drug-likeness (QED) is 0.223. The molecule has 238 valence electrons. The van der Waals surface area contributed by atoms with Gasteiger partial charge in [-0.15, -0.1) is 0 Å². The highest BCUT2D eigenvalue weighted by Gasteiger charge is 2.30. The van der Waals surface area contributed by atoms with Gasteiger partial charge < -0.3 is 14.5 Å². The normalized spacial score (nSPS) is 16.8. The van der Waals surface area contributed by atoms with Gasteiger partial charge in [0, 0.05) is 30.7 Å². The predicted molar refractivity (Wildman–Crippen MR) is 182 cm³/mol. The van der Waals surface area contributed by atoms with Gasteiger partial charge in [0.1, 0.15) is 11.8 Å². The summed E-state index contributed by atoms with van der Waals surface area (Å²) in [6, 6.07) is 18.0. The molecule has 0 unspecified atom stereocenters. The molecule has 1 heterocycles. The van der Waals surface area contributed by atoms with Crippen LogP contribution in [0.25, 0.3) is 0 Å². The molecule has 0 radical (unpaired) electrons. The van der Waals surface area contributed by atoms with Crippen molar-refractivity contribution in [2.45, 2.75) is 61.7 Å². The van der Waals surface area contributed by atoms with E-state index in [1.165, 1.54) is 12.7 Å². The lowest BCUT2D eigenvalue weighted by atomic mass is 9.85. The third kappa shape index (κ3) is 7.58. The molecule has 3 aromatic carbocycles. The lowest BCUT2D eigenvalue weighted by Gasteiger charge is -2.34. The molecule has 0 saturated carbocycles. The zero-order valence-electron chi connectivity index (χ0n) is 26.3. The second-order valence-corrected chi connectivity index (χ2v) is 14.4. The van der Waals surface area contributed by atoms with Crippen molar-refractivity contribution in [3.8, 4) is 11.8 Å². The fraction of sp³-hybridized carbons (Fsp3) is 0.444. The third-order valence-electron chi connectivity index (χ3n) is 9.45. The van der Waals surface area contributed by atoms with Gasteiger partial charge >= 0.3 is 0 Å². The fourth-order valence-electron chi connectivity index (χ4n) is 7.03. The number of ether oxygens (including phenoxy) is 1. The van der Waals surface area contributed by atoms with Gasteiger partial charge in [0.2, 0.25) is 0 Å². The van der Waals surface area contributed by atoms with E-state index in [0.717, 1.165) is 86.2 Å². The maximum absolute atomic E-state index is 14.2. The summed E-state index contributed by atoms with van der Waals surface area (Å²) < 4.78 is 18.0. The number of methoxy groups -OCH3 is 1. The van der Waals surface area contributed by atoms with Gasteiger partial charge in [0.25, 0.3) is 5.91 Å². The molecule has 0 aromatic heterocycles. The number of nitrogens with zero attached hydrogens (tertiary/aromatic N) is 3. The summed E-state index contributed by atoms with van der Waals surface area (Å²) in [7, 11) is 2.36. The summed E-state index contributed by atoms with van der Waals surface area (Å²) in [5.74, 6) is 0.675. The lowest BCUT2D eigenvalue weighted by Crippen LogP contribution is -2.37. The van der Waals surface area contributed by atoms with E-state index in [1.54, 1.807) is 11.2 Å². The second kappa shape index (κ2) is 15.1. The number of hydrogen-bond donors (Lipinski definition) is 0. The van der Waals surface area contributed by atoms with Crippen LogP contribution in [0.4, 0.5) is 0 Å². The zero-order chi connectivity index (χ0) is 32.1. The number of nitriles is 1. The molecule has 1 saturated heterocycles. The first-order valence-electron chi connectivity index (χ1n) is 15.7. The standard InChI is InChI=1S/C36H41Cl2N3O3S/c1-40(36(42)34-30-10-5-4-8-26(30)20-28(22-39)35(34)44-2)23-27(25-12-13-31(37)32(38)21-25)16-19-41-17-14-24(15-18-41)29-9-6-7-11-33(29)45(3)43/h6-7,9,11-13,20-21,24,27H,4-5,8,10,14-19,23H2,1-3H3/t27-,45+/m1/s1. The monoisotopic (exact) mass is 665 g/mol. The largest absolute Gasteiger partial charge is 0.495 e. The summed E-state index contributed by atoms with van der Waals surface area (Å²) in [6.07, 6.45) is 8.35. The number of benzene rings is 3. The molecule has 1 amide bonds. The van der Waals surface area contributed by atoms with Gasteiger partial charge in [-0.05, 0) is 117 Å². The highest BCUT2D eigenvalue weighted by molar-refractivity contribution is 7.84. The Balaban J connectivity index is 1.33. The average Bonchev–Trinajstić information content (AvgIpc) is 3.06. The minimum absolute atomic E-state index is 0.0237. The molecule has 0 N–H and O–H groups in total. The predicted octanol–water partition coefficient (Wildman–Crippen LogP) is 7.62. The third-order valence-corrected chi connectivity index (χ3v) is 11.2. The number of amides is 1. The highest BCUT2D eigenvalue weighted by atomic mass is 35.5. The second-order valence-electron chi connectivity index (χ2n) is 12.2. The van der Waals surface area contributed by atoms with Crippen LogP contribution in [0.2, 0.25) is 10.0 Å². The molecule has 9 heteroatoms. The molecule has 2 atom stereocenters. The first-order valence-corrected chi connectivity index (χ1v) is 18.0. The van der Waals surface area contributed by atoms with E-state index < -0.39 is 10.8 Å². The van der Waals surface area contributed by atoms with Crippen LogP contribution in [-0.2, 0) is 23.6 Å². The maximum atomic E-state index is 14.2. The Hall–Kier alpha value is -2.89. The molecule has 5 rings (SSSR count). The van der Waals surface area contributed by atoms with Crippen LogP contribution in [0.5, 0.6) is 5.75 Å². The Morgan fingerprint density at radius 2 is 1.84 bits per heavy atom. The van der Waals surface area contributed by atoms with E-state index in [1.807, 2.05) is 49.5 Å². The molecule has 1 aliphatic heterocycles. The number of halogens is 2. The highest BCUT2D eigenvalue weighted by Crippen LogP contribution is 2.37. The van der Waals surface area contributed by atoms with E-state index in [0.29, 0.717) is 39.4 Å². The number of hydrogen-bond acceptors (Lipinski definition) is 5. The number of carbonyl (C=O) groups excluding carboxylic acids is 1. The van der Waals surface area contributed by atoms with Crippen molar-refractivity contribution >= 4 is 39.9 Å². The van der Waals surface area contributed by atoms with E-state index in [4.69, 9.17) is 27.9 Å². The maximum Gasteiger partial charge on any atom is 0.257 e. The summed E-state index contributed by atoms with van der Waals surface area (Å²) in [5.41, 5.74) is 5.27. The Morgan fingerprint density at radius 3 is 2.53 bits per heavy atom. The first-order chi connectivity index (χ1) is 21.7. The molecule has 0 spiro atoms. The molecule has 45 heavy (non-hydrogen) atoms. The van der Waals surface area contributed by atoms with Gasteiger partial charge in [-0.25, -0.2) is 0 Å². The number of aryl methyl sites for hydroxylation is 1. The van der Waals surface area contributed by atoms with Crippen LogP contribution in [0.3, 0.4) is 0 Å². The summed E-state index contributed by atoms with van der Waals surface area (Å²) in [4.78, 5) is 19.4. The van der Waals surface area contributed by atoms with Crippen molar-refractivity contribution in [1.82, 2.24) is 9.80 Å². The van der Waals surface area contributed by atoms with Crippen LogP contribution in [0.1, 0.15) is 82.1 Å². The molecule has 0 bridgehead atoms. The van der Waals surface area contributed by atoms with Crippen molar-refractivity contribution in [3.63, 3.8) is 0 Å². The molecular formula is C36H41Cl2N3O3S. The van der Waals surface area contributed by atoms with Crippen LogP contribution < -0.4 is 4.74 Å². The SMILES string of the molecule is COc1c(C#N)cc2c(c1C(=O)N(C)C[C@@H](CCN1CCC(c3ccccc3[S@](C)=O)CC1)c1ccc(Cl)c(Cl)c1)CCCC2. The van der Waals surface area contributed by atoms with Crippen molar-refractivity contribution in [1.29, 1.82) is 5.26 Å². The number of carbonyl (C=O) groups is 1. The molecular weight excluding hydrogens is 625 g/mol. The molecule has 1 aliphatic carbocycles. The van der Waals surface area contributed by atoms with Gasteiger partial charge in [-0.2, -0.15) is 5.26 Å². The Labute approximate surface area is 279 Å². The van der Waals surface area contributed by atoms with Gasteiger partial charge in [-0.3, -0.25) is 9.00 Å². The van der Waals surface area contributed by atoms with Crippen LogP contribution >= 0.6 is 23.2 Å². The zero-order valence-corrected chi connectivity index (χ0v) is 28.6. The Bertz CT molecular complexity index is 1610. The van der Waals surface area contributed by atoms with Gasteiger partial charge in [0.05, 0.1) is 39.1 Å². The van der Waals surface area contributed by atoms with Crippen molar-refractivity contribution in [2.24, 2.45) is 0 Å². The summed E-state index contributed by atoms with van der Waals surface area (Å²) in [5, 5.41) is 10.9. The number of likely N-dealkylation sites (tertiary alicyclic amines) is 1. The average molecular weight is 667 g/mol. The lowest BCUT2D eigenvalue weighted by molar-refractivity contribution is 0.0776. The van der Waals surface area contributed by atoms with E-state index >= 15 is 0 Å². The number of likely N-dealkylation sites (N-methyl/N-ethyl adjacent to an activating group) is 1. The molecule has 3 aromatic rings. The van der Waals surface area contributed by atoms with Gasteiger partial charge in [0.15, 0.2) is 0 Å². The number of piperidine rings is 1. The van der Waals surface area contributed by atoms with E-state index in [-0.39, 0.29) is 11.8 Å². The first kappa shape index (κ1) is 33.5. The summed E-state index contributed by atoms with van der Waals surface area (Å²) >= 11 is 12.8. The fourth-order valence-corrected chi connectivity index (χ4v) is 8.17. The molecule has 6 nitrogen and oxygen atoms in total. The molecule has 2 aliphatic rings. The topological polar surface area (TPSA) is 73.6 Å². The van der Waals surface area contributed by atoms with Crippen molar-refractivity contribution in [3.05, 3.63) is 92.0 Å². The Morgan fingerprint density at radius 1 is 1.11 bits per heavy atom. The van der Waals surface area contributed by atoms with Crippen LogP contribution in [-0.4, -0.2) is 66.5 Å². The smallest absolute Gasteiger partial charge is 0.257 e. The van der Waals surface area contributed by atoms with Crippen LogP contribution in [0.15, 0.2) is 53.4 Å². The Kier molecular flexibility index (Phi) is 11.3. The minimum Gasteiger partial charge on any atom is -0.495 e. The van der Waals surface area contributed by atoms with Crippen LogP contribution in [0, 0.1) is 11.3 Å². The molecule has 1 fully saturated rings. The van der Waals surface area contributed by atoms with E-state index in [2.05, 4.69) is 17.0 Å². The van der Waals surface area contributed by atoms with Gasteiger partial charge in [-0.1, -0.05) is 47.5 Å². The van der Waals surface area contributed by atoms with E-state index in [9.17, 15) is 14.3 Å². The minimum atomic E-state index is -1.00. The van der Waals surface area contributed by atoms with Crippen molar-refractivity contribution < 1.29 is 13.7 Å². The number of fused-ring (bicyclic) bond motifs is 1. The number of rotatable bonds is 10.